The Balaban J connectivity index is 1.50. The Labute approximate surface area is 264 Å². The quantitative estimate of drug-likeness (QED) is 0.184. The molecule has 0 saturated heterocycles. The summed E-state index contributed by atoms with van der Waals surface area (Å²) in [5, 5.41) is -0.497. The average Bonchev–Trinajstić information content (AvgIpc) is 3.55. The number of carbonyl (C=O) groups is 1. The summed E-state index contributed by atoms with van der Waals surface area (Å²) in [5.74, 6) is 1.61. The second-order valence-corrected chi connectivity index (χ2v) is 20.1. The molecule has 0 radical (unpaired) electrons. The summed E-state index contributed by atoms with van der Waals surface area (Å²) >= 11 is 1.41. The maximum atomic E-state index is 13.2. The van der Waals surface area contributed by atoms with Gasteiger partial charge in [-0.05, 0) is 35.0 Å². The average molecular weight is 647 g/mol. The van der Waals surface area contributed by atoms with Crippen LogP contribution in [0.1, 0.15) is 40.8 Å². The highest BCUT2D eigenvalue weighted by molar-refractivity contribution is 8.07. The number of aryl methyl sites for hydroxylation is 2. The zero-order valence-electron chi connectivity index (χ0n) is 26.2. The van der Waals surface area contributed by atoms with E-state index >= 15 is 0 Å². The molecule has 0 atom stereocenters. The van der Waals surface area contributed by atoms with Gasteiger partial charge in [-0.25, -0.2) is 9.97 Å². The van der Waals surface area contributed by atoms with Gasteiger partial charge < -0.3 is 9.47 Å². The topological polar surface area (TPSA) is 110 Å². The van der Waals surface area contributed by atoms with Crippen molar-refractivity contribution >= 4 is 61.2 Å². The lowest BCUT2D eigenvalue weighted by Gasteiger charge is -2.13. The molecule has 5 aromatic rings. The van der Waals surface area contributed by atoms with Crippen LogP contribution in [0.4, 0.5) is 10.9 Å². The molecule has 3 heterocycles. The molecule has 0 aliphatic heterocycles. The van der Waals surface area contributed by atoms with E-state index in [1.807, 2.05) is 38.1 Å². The molecular formula is C32H38N6O3S2Si. The van der Waals surface area contributed by atoms with E-state index in [-0.39, 0.29) is 5.56 Å². The number of benzene rings is 2. The van der Waals surface area contributed by atoms with Crippen molar-refractivity contribution in [2.24, 2.45) is 0 Å². The molecule has 44 heavy (non-hydrogen) atoms. The van der Waals surface area contributed by atoms with Gasteiger partial charge in [-0.2, -0.15) is 13.4 Å². The highest BCUT2D eigenvalue weighted by atomic mass is 32.2. The van der Waals surface area contributed by atoms with Crippen LogP contribution in [0.25, 0.3) is 22.3 Å². The van der Waals surface area contributed by atoms with Gasteiger partial charge in [-0.3, -0.25) is 9.52 Å². The van der Waals surface area contributed by atoms with Crippen molar-refractivity contribution in [3.63, 3.8) is 0 Å². The summed E-state index contributed by atoms with van der Waals surface area (Å²) in [6, 6.07) is 18.2. The number of anilines is 2. The number of hydrogen-bond donors (Lipinski definition) is 1. The van der Waals surface area contributed by atoms with Gasteiger partial charge >= 0.3 is 10.0 Å². The molecule has 0 amide bonds. The first-order valence-electron chi connectivity index (χ1n) is 14.6. The highest BCUT2D eigenvalue weighted by Crippen LogP contribution is 2.35. The summed E-state index contributed by atoms with van der Waals surface area (Å²) in [4.78, 5) is 29.2. The molecule has 12 heteroatoms. The van der Waals surface area contributed by atoms with Gasteiger partial charge in [-0.1, -0.05) is 81.2 Å². The molecule has 0 aliphatic carbocycles. The predicted molar refractivity (Wildman–Crippen MR) is 184 cm³/mol. The molecule has 0 spiro atoms. The normalized spacial score (nSPS) is 12.1. The van der Waals surface area contributed by atoms with Gasteiger partial charge in [0.2, 0.25) is 5.95 Å². The van der Waals surface area contributed by atoms with E-state index in [9.17, 15) is 13.2 Å². The Morgan fingerprint density at radius 3 is 2.30 bits per heavy atom. The summed E-state index contributed by atoms with van der Waals surface area (Å²) in [5.41, 5.74) is 5.30. The lowest BCUT2D eigenvalue weighted by molar-refractivity contribution is 0.107. The van der Waals surface area contributed by atoms with E-state index in [4.69, 9.17) is 9.97 Å². The fourth-order valence-corrected chi connectivity index (χ4v) is 9.05. The van der Waals surface area contributed by atoms with Crippen LogP contribution < -0.4 is 14.1 Å². The number of thiophene rings is 1. The second kappa shape index (κ2) is 12.3. The number of fused-ring (bicyclic) bond motifs is 1. The molecule has 5 rings (SSSR count). The van der Waals surface area contributed by atoms with E-state index in [0.29, 0.717) is 17.5 Å². The summed E-state index contributed by atoms with van der Waals surface area (Å²) in [6.45, 7) is 11.3. The summed E-state index contributed by atoms with van der Waals surface area (Å²) < 4.78 is 32.3. The van der Waals surface area contributed by atoms with Crippen LogP contribution in [-0.4, -0.2) is 55.2 Å². The molecule has 0 fully saturated rings. The van der Waals surface area contributed by atoms with E-state index in [0.717, 1.165) is 56.7 Å². The molecule has 0 bridgehead atoms. The molecule has 1 N–H and O–H groups in total. The van der Waals surface area contributed by atoms with Crippen LogP contribution in [0.15, 0.2) is 60.7 Å². The maximum Gasteiger partial charge on any atom is 0.301 e. The largest absolute Gasteiger partial charge is 0.347 e. The first-order chi connectivity index (χ1) is 20.8. The minimum absolute atomic E-state index is 0.125. The van der Waals surface area contributed by atoms with Gasteiger partial charge in [0.1, 0.15) is 16.3 Å². The number of hydrogen-bond acceptors (Lipinski definition) is 8. The third-order valence-electron chi connectivity index (χ3n) is 7.27. The Morgan fingerprint density at radius 1 is 1.00 bits per heavy atom. The zero-order chi connectivity index (χ0) is 31.8. The number of nitrogens with one attached hydrogen (secondary N) is 1. The van der Waals surface area contributed by atoms with Crippen LogP contribution in [0.2, 0.25) is 19.6 Å². The summed E-state index contributed by atoms with van der Waals surface area (Å²) in [6.07, 6.45) is 1.78. The van der Waals surface area contributed by atoms with Crippen molar-refractivity contribution in [2.45, 2.75) is 52.9 Å². The molecular weight excluding hydrogens is 609 g/mol. The number of nitrogens with zero attached hydrogens (tertiary/aromatic N) is 5. The number of rotatable bonds is 10. The number of imidazole rings is 1. The first-order valence-corrected chi connectivity index (χ1v) is 20.4. The highest BCUT2D eigenvalue weighted by Gasteiger charge is 2.28. The standard InChI is InChI=1S/C32H38N6O3S2Si/c1-8-12-26-34-28-21(2)33-32(37(3)4)35-29(28)38(26)20-22-15-17-23(18-16-22)25-19-27(44(5,6)7)42-30(25)36-43(40,41)31(39)24-13-10-9-11-14-24/h9-11,13-19,36H,8,12,20H2,1-7H3. The number of carbonyl (C=O) groups excluding carboxylic acids is 1. The van der Waals surface area contributed by atoms with Crippen molar-refractivity contribution < 1.29 is 13.2 Å². The minimum Gasteiger partial charge on any atom is -0.347 e. The molecule has 9 nitrogen and oxygen atoms in total. The van der Waals surface area contributed by atoms with Crippen molar-refractivity contribution in [1.82, 2.24) is 19.5 Å². The molecule has 3 aromatic heterocycles. The molecule has 0 aliphatic rings. The summed E-state index contributed by atoms with van der Waals surface area (Å²) in [7, 11) is -2.23. The number of aromatic nitrogens is 4. The molecule has 0 unspecified atom stereocenters. The molecule has 0 saturated carbocycles. The minimum atomic E-state index is -4.30. The van der Waals surface area contributed by atoms with Crippen LogP contribution >= 0.6 is 11.3 Å². The third kappa shape index (κ3) is 6.47. The Kier molecular flexibility index (Phi) is 8.79. The van der Waals surface area contributed by atoms with Crippen molar-refractivity contribution in [1.29, 1.82) is 0 Å². The fraction of sp³-hybridized carbons (Fsp3) is 0.312. The first kappa shape index (κ1) is 31.5. The maximum absolute atomic E-state index is 13.2. The van der Waals surface area contributed by atoms with Gasteiger partial charge in [0.25, 0.3) is 5.12 Å². The predicted octanol–water partition coefficient (Wildman–Crippen LogP) is 6.06. The second-order valence-electron chi connectivity index (χ2n) is 12.1. The zero-order valence-corrected chi connectivity index (χ0v) is 28.8. The van der Waals surface area contributed by atoms with Crippen molar-refractivity contribution in [3.05, 3.63) is 83.3 Å². The van der Waals surface area contributed by atoms with Gasteiger partial charge in [-0.15, -0.1) is 11.3 Å². The van der Waals surface area contributed by atoms with Crippen molar-refractivity contribution in [2.75, 3.05) is 23.7 Å². The smallest absolute Gasteiger partial charge is 0.301 e. The fourth-order valence-electron chi connectivity index (χ4n) is 4.87. The van der Waals surface area contributed by atoms with E-state index < -0.39 is 23.2 Å². The lowest BCUT2D eigenvalue weighted by Crippen LogP contribution is -2.34. The monoisotopic (exact) mass is 646 g/mol. The Bertz CT molecular complexity index is 1930. The van der Waals surface area contributed by atoms with E-state index in [1.165, 1.54) is 23.5 Å². The lowest BCUT2D eigenvalue weighted by atomic mass is 10.1. The third-order valence-corrected chi connectivity index (χ3v) is 13.2. The molecule has 230 valence electrons. The Hall–Kier alpha value is -3.87. The van der Waals surface area contributed by atoms with Gasteiger partial charge in [0.15, 0.2) is 5.65 Å². The van der Waals surface area contributed by atoms with Crippen LogP contribution in [-0.2, 0) is 23.0 Å². The van der Waals surface area contributed by atoms with Gasteiger partial charge in [0.05, 0.1) is 20.3 Å². The Morgan fingerprint density at radius 2 is 1.68 bits per heavy atom. The van der Waals surface area contributed by atoms with E-state index in [1.54, 1.807) is 18.2 Å². The van der Waals surface area contributed by atoms with Gasteiger partial charge in [0, 0.05) is 31.6 Å². The molecule has 2 aromatic carbocycles. The van der Waals surface area contributed by atoms with E-state index in [2.05, 4.69) is 59.0 Å². The van der Waals surface area contributed by atoms with Crippen molar-refractivity contribution in [3.8, 4) is 11.1 Å². The van der Waals surface area contributed by atoms with Crippen LogP contribution in [0.5, 0.6) is 0 Å². The van der Waals surface area contributed by atoms with Crippen LogP contribution in [0, 0.1) is 6.92 Å². The van der Waals surface area contributed by atoms with Crippen LogP contribution in [0.3, 0.4) is 0 Å². The SMILES string of the molecule is CCCc1nc2c(C)nc(N(C)C)nc2n1Cc1ccc(-c2cc([Si](C)(C)C)sc2NS(=O)(=O)C(=O)c2ccccc2)cc1. The number of sulfonamides is 1.